The number of anilines is 1. The predicted molar refractivity (Wildman–Crippen MR) is 201 cm³/mol. The van der Waals surface area contributed by atoms with E-state index >= 15 is 4.39 Å². The summed E-state index contributed by atoms with van der Waals surface area (Å²) in [5, 5.41) is 14.3. The van der Waals surface area contributed by atoms with Crippen molar-refractivity contribution in [1.82, 2.24) is 14.8 Å². The van der Waals surface area contributed by atoms with E-state index in [4.69, 9.17) is 14.2 Å². The number of fused-ring (bicyclic) bond motifs is 1. The molecule has 0 bridgehead atoms. The van der Waals surface area contributed by atoms with E-state index in [0.29, 0.717) is 61.1 Å². The van der Waals surface area contributed by atoms with Crippen molar-refractivity contribution in [1.29, 1.82) is 0 Å². The molecule has 6 heterocycles. The van der Waals surface area contributed by atoms with Crippen LogP contribution in [-0.4, -0.2) is 100.0 Å². The van der Waals surface area contributed by atoms with Gasteiger partial charge in [0.1, 0.15) is 35.1 Å². The molecule has 0 radical (unpaired) electrons. The standard InChI is InChI=1S/C38H41FN4O10S2/c1-20-14-23(45)8-10-42(20)33-25-7-3-9-41-17-27(34(47)26(32(25)41)16-28(33)39)37(49)51-11-5-12-52-38(50)31-22(18-53-21(2)44)19-55-36-30(35(48)43(31)36)40-29(46)15-24-6-4-13-54-24/h4,6,13,16-17,20,23,30,36,45H,3,5,7-12,14-15,18-19H2,1-2H3,(H,40,46)/t20?,23?,30-,36-/m1/s1. The SMILES string of the molecule is CC(=O)OCC1=C(C(=O)OCCCOC(=O)c2cn3c4c(c(N5CCC(O)CC5C)c(F)cc4c2=O)CCC3)N2C(=O)[C@@H](NC(=O)Cc3cccs3)[C@H]2SC1. The molecule has 0 spiro atoms. The number of hydrogen-bond acceptors (Lipinski definition) is 13. The maximum absolute atomic E-state index is 15.8. The summed E-state index contributed by atoms with van der Waals surface area (Å²) in [5.74, 6) is -3.42. The number of β-lactam (4-membered cyclic amide) rings is 1. The fourth-order valence-electron chi connectivity index (χ4n) is 7.68. The molecule has 2 unspecified atom stereocenters. The molecule has 2 aromatic heterocycles. The number of aliphatic hydroxyl groups excluding tert-OH is 1. The van der Waals surface area contributed by atoms with E-state index in [1.165, 1.54) is 47.2 Å². The monoisotopic (exact) mass is 796 g/mol. The van der Waals surface area contributed by atoms with Crippen LogP contribution in [0.25, 0.3) is 10.9 Å². The van der Waals surface area contributed by atoms with Gasteiger partial charge in [0, 0.05) is 65.8 Å². The maximum Gasteiger partial charge on any atom is 0.355 e. The number of piperidine rings is 1. The Morgan fingerprint density at radius 3 is 2.60 bits per heavy atom. The molecule has 55 heavy (non-hydrogen) atoms. The lowest BCUT2D eigenvalue weighted by Gasteiger charge is -2.49. The number of aliphatic hydroxyl groups is 1. The average molecular weight is 797 g/mol. The number of thiophene rings is 1. The van der Waals surface area contributed by atoms with Crippen LogP contribution >= 0.6 is 23.1 Å². The normalized spacial score (nSPS) is 21.9. The first-order chi connectivity index (χ1) is 26.4. The molecule has 14 nitrogen and oxygen atoms in total. The van der Waals surface area contributed by atoms with Crippen LogP contribution < -0.4 is 15.6 Å². The van der Waals surface area contributed by atoms with E-state index in [9.17, 15) is 33.9 Å². The zero-order valence-corrected chi connectivity index (χ0v) is 32.0. The van der Waals surface area contributed by atoms with Crippen LogP contribution in [0.5, 0.6) is 0 Å². The van der Waals surface area contributed by atoms with Crippen molar-refractivity contribution in [3.63, 3.8) is 0 Å². The van der Waals surface area contributed by atoms with E-state index in [-0.39, 0.29) is 67.0 Å². The number of aromatic nitrogens is 1. The van der Waals surface area contributed by atoms with Crippen molar-refractivity contribution in [2.45, 2.75) is 82.5 Å². The highest BCUT2D eigenvalue weighted by atomic mass is 32.2. The first kappa shape index (κ1) is 38.5. The molecule has 2 fully saturated rings. The smallest absolute Gasteiger partial charge is 0.355 e. The summed E-state index contributed by atoms with van der Waals surface area (Å²) in [5.41, 5.74) is 1.18. The third kappa shape index (κ3) is 7.74. The second-order valence-corrected chi connectivity index (χ2v) is 16.2. The van der Waals surface area contributed by atoms with Crippen molar-refractivity contribution >= 4 is 69.4 Å². The van der Waals surface area contributed by atoms with Gasteiger partial charge in [-0.2, -0.15) is 0 Å². The number of esters is 3. The van der Waals surface area contributed by atoms with E-state index < -0.39 is 52.6 Å². The first-order valence-corrected chi connectivity index (χ1v) is 20.1. The number of amides is 2. The molecule has 1 aromatic carbocycles. The van der Waals surface area contributed by atoms with Crippen LogP contribution in [0, 0.1) is 5.82 Å². The number of thioether (sulfide) groups is 1. The fourth-order valence-corrected chi connectivity index (χ4v) is 9.72. The lowest BCUT2D eigenvalue weighted by Crippen LogP contribution is -2.70. The molecule has 4 aliphatic heterocycles. The zero-order chi connectivity index (χ0) is 39.0. The quantitative estimate of drug-likeness (QED) is 0.119. The minimum atomic E-state index is -0.894. The van der Waals surface area contributed by atoms with Gasteiger partial charge < -0.3 is 34.1 Å². The summed E-state index contributed by atoms with van der Waals surface area (Å²) < 4.78 is 33.6. The van der Waals surface area contributed by atoms with Crippen molar-refractivity contribution in [2.75, 3.05) is 37.0 Å². The van der Waals surface area contributed by atoms with Gasteiger partial charge in [-0.05, 0) is 50.1 Å². The van der Waals surface area contributed by atoms with Gasteiger partial charge in [0.25, 0.3) is 5.91 Å². The van der Waals surface area contributed by atoms with Gasteiger partial charge in [-0.1, -0.05) is 6.07 Å². The number of pyridine rings is 1. The molecular weight excluding hydrogens is 756 g/mol. The molecule has 0 aliphatic carbocycles. The van der Waals surface area contributed by atoms with Crippen LogP contribution in [0.1, 0.15) is 60.3 Å². The Bertz CT molecular complexity index is 2140. The van der Waals surface area contributed by atoms with Crippen LogP contribution in [0.4, 0.5) is 10.1 Å². The number of aryl methyl sites for hydroxylation is 2. The molecule has 2 amide bonds. The fraction of sp³-hybridized carbons (Fsp3) is 0.474. The topological polar surface area (TPSA) is 174 Å². The number of nitrogens with one attached hydrogen (secondary N) is 1. The van der Waals surface area contributed by atoms with Crippen molar-refractivity contribution in [2.24, 2.45) is 0 Å². The minimum absolute atomic E-state index is 0.0593. The van der Waals surface area contributed by atoms with Gasteiger partial charge in [-0.15, -0.1) is 23.1 Å². The molecule has 0 saturated carbocycles. The zero-order valence-electron chi connectivity index (χ0n) is 30.3. The average Bonchev–Trinajstić information content (AvgIpc) is 3.67. The Kier molecular flexibility index (Phi) is 11.3. The molecular formula is C38H41FN4O10S2. The highest BCUT2D eigenvalue weighted by molar-refractivity contribution is 8.00. The third-order valence-electron chi connectivity index (χ3n) is 10.2. The number of rotatable bonds is 12. The summed E-state index contributed by atoms with van der Waals surface area (Å²) in [7, 11) is 0. The number of carbonyl (C=O) groups is 5. The number of benzene rings is 1. The van der Waals surface area contributed by atoms with E-state index in [0.717, 1.165) is 4.88 Å². The summed E-state index contributed by atoms with van der Waals surface area (Å²) in [6.45, 7) is 3.54. The molecule has 17 heteroatoms. The Morgan fingerprint density at radius 2 is 1.87 bits per heavy atom. The highest BCUT2D eigenvalue weighted by Gasteiger charge is 2.54. The molecule has 4 aliphatic rings. The van der Waals surface area contributed by atoms with Gasteiger partial charge in [0.2, 0.25) is 11.3 Å². The van der Waals surface area contributed by atoms with E-state index in [1.54, 1.807) is 4.57 Å². The Morgan fingerprint density at radius 1 is 1.09 bits per heavy atom. The van der Waals surface area contributed by atoms with Crippen LogP contribution in [0.3, 0.4) is 0 Å². The highest BCUT2D eigenvalue weighted by Crippen LogP contribution is 2.41. The molecule has 7 rings (SSSR count). The summed E-state index contributed by atoms with van der Waals surface area (Å²) in [6.07, 6.45) is 3.47. The second-order valence-electron chi connectivity index (χ2n) is 14.0. The lowest BCUT2D eigenvalue weighted by molar-refractivity contribution is -0.153. The predicted octanol–water partition coefficient (Wildman–Crippen LogP) is 3.05. The number of halogens is 1. The first-order valence-electron chi connectivity index (χ1n) is 18.2. The summed E-state index contributed by atoms with van der Waals surface area (Å²) >= 11 is 2.75. The number of nitrogens with zero attached hydrogens (tertiary/aromatic N) is 3. The van der Waals surface area contributed by atoms with Gasteiger partial charge in [-0.3, -0.25) is 24.1 Å². The van der Waals surface area contributed by atoms with Gasteiger partial charge in [0.05, 0.1) is 36.9 Å². The third-order valence-corrected chi connectivity index (χ3v) is 12.5. The summed E-state index contributed by atoms with van der Waals surface area (Å²) in [6, 6.07) is 3.91. The number of carbonyl (C=O) groups excluding carboxylic acids is 5. The molecule has 3 aromatic rings. The minimum Gasteiger partial charge on any atom is -0.462 e. The maximum atomic E-state index is 15.8. The molecule has 292 valence electrons. The Labute approximate surface area is 323 Å². The van der Waals surface area contributed by atoms with Gasteiger partial charge in [-0.25, -0.2) is 14.0 Å². The number of hydrogen-bond donors (Lipinski definition) is 2. The molecule has 2 N–H and O–H groups in total. The van der Waals surface area contributed by atoms with Crippen LogP contribution in [-0.2, 0) is 52.8 Å². The van der Waals surface area contributed by atoms with Crippen LogP contribution in [0.15, 0.2) is 45.8 Å². The van der Waals surface area contributed by atoms with E-state index in [2.05, 4.69) is 5.32 Å². The lowest BCUT2D eigenvalue weighted by atomic mass is 9.93. The van der Waals surface area contributed by atoms with E-state index in [1.807, 2.05) is 29.3 Å². The Balaban J connectivity index is 0.987. The second kappa shape index (κ2) is 16.2. The number of ether oxygens (including phenoxy) is 3. The molecule has 2 saturated heterocycles. The van der Waals surface area contributed by atoms with Gasteiger partial charge in [0.15, 0.2) is 0 Å². The largest absolute Gasteiger partial charge is 0.462 e. The van der Waals surface area contributed by atoms with Gasteiger partial charge >= 0.3 is 17.9 Å². The Hall–Kier alpha value is -4.74. The van der Waals surface area contributed by atoms with Crippen LogP contribution in [0.2, 0.25) is 0 Å². The molecule has 4 atom stereocenters. The van der Waals surface area contributed by atoms with Crippen molar-refractivity contribution in [3.8, 4) is 0 Å². The van der Waals surface area contributed by atoms with Crippen molar-refractivity contribution < 1.29 is 47.7 Å². The van der Waals surface area contributed by atoms with Crippen molar-refractivity contribution in [3.05, 3.63) is 73.1 Å². The summed E-state index contributed by atoms with van der Waals surface area (Å²) in [4.78, 5) is 81.7.